The van der Waals surface area contributed by atoms with Gasteiger partial charge in [0.2, 0.25) is 0 Å². The number of aliphatic hydroxyl groups excluding tert-OH is 1. The SMILES string of the molecule is CCCCCCC(C)(CC)C1CN(CCO)C1. The van der Waals surface area contributed by atoms with Crippen LogP contribution in [0.1, 0.15) is 59.3 Å². The van der Waals surface area contributed by atoms with E-state index >= 15 is 0 Å². The van der Waals surface area contributed by atoms with Crippen LogP contribution in [0.2, 0.25) is 0 Å². The molecule has 0 radical (unpaired) electrons. The summed E-state index contributed by atoms with van der Waals surface area (Å²) in [6.45, 7) is 10.7. The Labute approximate surface area is 107 Å². The van der Waals surface area contributed by atoms with Crippen LogP contribution in [0.15, 0.2) is 0 Å². The highest BCUT2D eigenvalue weighted by molar-refractivity contribution is 4.91. The highest BCUT2D eigenvalue weighted by Gasteiger charge is 2.39. The molecule has 0 bridgehead atoms. The topological polar surface area (TPSA) is 23.5 Å². The van der Waals surface area contributed by atoms with Gasteiger partial charge in [-0.3, -0.25) is 0 Å². The fraction of sp³-hybridized carbons (Fsp3) is 1.00. The first kappa shape index (κ1) is 15.0. The van der Waals surface area contributed by atoms with Crippen LogP contribution in [-0.2, 0) is 0 Å². The first-order valence-corrected chi connectivity index (χ1v) is 7.49. The molecule has 1 heterocycles. The summed E-state index contributed by atoms with van der Waals surface area (Å²) in [7, 11) is 0. The second-order valence-corrected chi connectivity index (χ2v) is 6.00. The number of aliphatic hydroxyl groups is 1. The molecular weight excluding hydrogens is 210 g/mol. The van der Waals surface area contributed by atoms with Gasteiger partial charge in [-0.05, 0) is 17.8 Å². The van der Waals surface area contributed by atoms with E-state index in [2.05, 4.69) is 25.7 Å². The van der Waals surface area contributed by atoms with Gasteiger partial charge in [-0.2, -0.15) is 0 Å². The summed E-state index contributed by atoms with van der Waals surface area (Å²) < 4.78 is 0. The summed E-state index contributed by atoms with van der Waals surface area (Å²) in [4.78, 5) is 2.38. The molecule has 1 N–H and O–H groups in total. The Morgan fingerprint density at radius 1 is 1.18 bits per heavy atom. The number of nitrogens with zero attached hydrogens (tertiary/aromatic N) is 1. The Kier molecular flexibility index (Phi) is 6.50. The fourth-order valence-electron chi connectivity index (χ4n) is 2.96. The van der Waals surface area contributed by atoms with Gasteiger partial charge in [0.05, 0.1) is 6.61 Å². The smallest absolute Gasteiger partial charge is 0.0558 e. The normalized spacial score (nSPS) is 21.2. The quantitative estimate of drug-likeness (QED) is 0.626. The van der Waals surface area contributed by atoms with Crippen molar-refractivity contribution in [3.8, 4) is 0 Å². The summed E-state index contributed by atoms with van der Waals surface area (Å²) in [6, 6.07) is 0. The zero-order valence-electron chi connectivity index (χ0n) is 12.0. The molecule has 0 aromatic carbocycles. The van der Waals surface area contributed by atoms with Crippen molar-refractivity contribution in [2.45, 2.75) is 59.3 Å². The minimum absolute atomic E-state index is 0.312. The number of unbranched alkanes of at least 4 members (excludes halogenated alkanes) is 3. The lowest BCUT2D eigenvalue weighted by atomic mass is 9.68. The van der Waals surface area contributed by atoms with Crippen LogP contribution in [0.4, 0.5) is 0 Å². The molecule has 1 atom stereocenters. The fourth-order valence-corrected chi connectivity index (χ4v) is 2.96. The molecule has 0 aromatic heterocycles. The largest absolute Gasteiger partial charge is 0.395 e. The molecule has 1 aliphatic rings. The van der Waals surface area contributed by atoms with Gasteiger partial charge in [-0.1, -0.05) is 52.9 Å². The first-order valence-electron chi connectivity index (χ1n) is 7.49. The second kappa shape index (κ2) is 7.38. The van der Waals surface area contributed by atoms with Gasteiger partial charge in [0.25, 0.3) is 0 Å². The van der Waals surface area contributed by atoms with E-state index in [0.717, 1.165) is 12.5 Å². The summed E-state index contributed by atoms with van der Waals surface area (Å²) in [5, 5.41) is 8.91. The van der Waals surface area contributed by atoms with Gasteiger partial charge in [0.15, 0.2) is 0 Å². The average Bonchev–Trinajstić information content (AvgIpc) is 2.28. The van der Waals surface area contributed by atoms with Gasteiger partial charge in [-0.15, -0.1) is 0 Å². The summed E-state index contributed by atoms with van der Waals surface area (Å²) in [6.07, 6.45) is 8.21. The maximum Gasteiger partial charge on any atom is 0.0558 e. The average molecular weight is 241 g/mol. The highest BCUT2D eigenvalue weighted by Crippen LogP contribution is 2.41. The second-order valence-electron chi connectivity index (χ2n) is 6.00. The van der Waals surface area contributed by atoms with Gasteiger partial charge in [0.1, 0.15) is 0 Å². The number of hydrogen-bond acceptors (Lipinski definition) is 2. The third-order valence-corrected chi connectivity index (χ3v) is 4.77. The van der Waals surface area contributed by atoms with E-state index in [1.54, 1.807) is 0 Å². The lowest BCUT2D eigenvalue weighted by Gasteiger charge is -2.49. The summed E-state index contributed by atoms with van der Waals surface area (Å²) in [5.74, 6) is 0.862. The molecule has 1 saturated heterocycles. The molecule has 0 amide bonds. The lowest BCUT2D eigenvalue weighted by molar-refractivity contribution is -0.0106. The molecule has 0 aliphatic carbocycles. The molecule has 2 heteroatoms. The predicted molar refractivity (Wildman–Crippen MR) is 74.2 cm³/mol. The lowest BCUT2D eigenvalue weighted by Crippen LogP contribution is -2.54. The molecule has 0 saturated carbocycles. The third kappa shape index (κ3) is 4.26. The van der Waals surface area contributed by atoms with Crippen molar-refractivity contribution in [1.29, 1.82) is 0 Å². The molecule has 1 aliphatic heterocycles. The molecule has 2 nitrogen and oxygen atoms in total. The minimum atomic E-state index is 0.312. The number of rotatable bonds is 9. The molecule has 1 fully saturated rings. The first-order chi connectivity index (χ1) is 8.16. The molecule has 102 valence electrons. The number of hydrogen-bond donors (Lipinski definition) is 1. The third-order valence-electron chi connectivity index (χ3n) is 4.77. The van der Waals surface area contributed by atoms with E-state index in [-0.39, 0.29) is 0 Å². The maximum atomic E-state index is 8.91. The van der Waals surface area contributed by atoms with Crippen molar-refractivity contribution in [1.82, 2.24) is 4.90 Å². The van der Waals surface area contributed by atoms with Crippen LogP contribution in [0.5, 0.6) is 0 Å². The summed E-state index contributed by atoms with van der Waals surface area (Å²) in [5.41, 5.74) is 0.541. The van der Waals surface area contributed by atoms with E-state index < -0.39 is 0 Å². The van der Waals surface area contributed by atoms with Gasteiger partial charge in [0, 0.05) is 19.6 Å². The predicted octanol–water partition coefficient (Wildman–Crippen LogP) is 3.30. The van der Waals surface area contributed by atoms with Gasteiger partial charge in [-0.25, -0.2) is 0 Å². The minimum Gasteiger partial charge on any atom is -0.395 e. The Balaban J connectivity index is 2.26. The van der Waals surface area contributed by atoms with Gasteiger partial charge >= 0.3 is 0 Å². The molecule has 1 unspecified atom stereocenters. The van der Waals surface area contributed by atoms with Crippen molar-refractivity contribution < 1.29 is 5.11 Å². The van der Waals surface area contributed by atoms with Crippen LogP contribution >= 0.6 is 0 Å². The Hall–Kier alpha value is -0.0800. The van der Waals surface area contributed by atoms with E-state index in [9.17, 15) is 0 Å². The number of likely N-dealkylation sites (tertiary alicyclic amines) is 1. The standard InChI is InChI=1S/C15H31NO/c1-4-6-7-8-9-15(3,5-2)14-12-16(13-14)10-11-17/h14,17H,4-13H2,1-3H3. The van der Waals surface area contributed by atoms with E-state index in [4.69, 9.17) is 5.11 Å². The monoisotopic (exact) mass is 241 g/mol. The molecule has 0 spiro atoms. The van der Waals surface area contributed by atoms with Crippen molar-refractivity contribution in [3.63, 3.8) is 0 Å². The van der Waals surface area contributed by atoms with Crippen molar-refractivity contribution in [3.05, 3.63) is 0 Å². The molecule has 0 aromatic rings. The van der Waals surface area contributed by atoms with E-state index in [1.165, 1.54) is 51.6 Å². The Morgan fingerprint density at radius 2 is 1.88 bits per heavy atom. The van der Waals surface area contributed by atoms with Crippen molar-refractivity contribution in [2.75, 3.05) is 26.2 Å². The summed E-state index contributed by atoms with van der Waals surface area (Å²) >= 11 is 0. The zero-order valence-corrected chi connectivity index (χ0v) is 12.0. The van der Waals surface area contributed by atoms with E-state index in [0.29, 0.717) is 12.0 Å². The van der Waals surface area contributed by atoms with E-state index in [1.807, 2.05) is 0 Å². The molecule has 1 rings (SSSR count). The molecule has 17 heavy (non-hydrogen) atoms. The van der Waals surface area contributed by atoms with Crippen molar-refractivity contribution in [2.24, 2.45) is 11.3 Å². The van der Waals surface area contributed by atoms with Crippen LogP contribution < -0.4 is 0 Å². The maximum absolute atomic E-state index is 8.91. The van der Waals surface area contributed by atoms with Crippen molar-refractivity contribution >= 4 is 0 Å². The van der Waals surface area contributed by atoms with Crippen LogP contribution in [0.25, 0.3) is 0 Å². The Morgan fingerprint density at radius 3 is 2.41 bits per heavy atom. The number of β-amino-alcohol motifs (C(OH)–C–C–N with tert-alkyl or cyclic N) is 1. The van der Waals surface area contributed by atoms with Crippen LogP contribution in [-0.4, -0.2) is 36.2 Å². The van der Waals surface area contributed by atoms with Gasteiger partial charge < -0.3 is 10.0 Å². The zero-order chi connectivity index (χ0) is 12.7. The Bertz CT molecular complexity index is 201. The van der Waals surface area contributed by atoms with Crippen LogP contribution in [0, 0.1) is 11.3 Å². The highest BCUT2D eigenvalue weighted by atomic mass is 16.3. The molecular formula is C15H31NO. The van der Waals surface area contributed by atoms with Crippen LogP contribution in [0.3, 0.4) is 0 Å².